The molecular formula is C20H21ClN2O5. The third-order valence-corrected chi connectivity index (χ3v) is 4.03. The molecule has 0 aliphatic carbocycles. The van der Waals surface area contributed by atoms with Crippen LogP contribution in [-0.4, -0.2) is 45.8 Å². The van der Waals surface area contributed by atoms with Gasteiger partial charge in [-0.25, -0.2) is 0 Å². The number of hydrogen-bond acceptors (Lipinski definition) is 7. The first kappa shape index (κ1) is 20.1. The third-order valence-electron chi connectivity index (χ3n) is 3.73. The molecule has 0 saturated heterocycles. The fourth-order valence-corrected chi connectivity index (χ4v) is 2.61. The number of aliphatic hydroxyl groups excluding tert-OH is 2. The van der Waals surface area contributed by atoms with Gasteiger partial charge in [-0.3, -0.25) is 0 Å². The molecule has 0 aliphatic heterocycles. The van der Waals surface area contributed by atoms with Gasteiger partial charge in [0.1, 0.15) is 24.2 Å². The number of aliphatic hydroxyl groups is 2. The van der Waals surface area contributed by atoms with Gasteiger partial charge in [-0.05, 0) is 56.3 Å². The zero-order chi connectivity index (χ0) is 20.1. The van der Waals surface area contributed by atoms with Crippen molar-refractivity contribution in [2.45, 2.75) is 26.1 Å². The van der Waals surface area contributed by atoms with Gasteiger partial charge >= 0.3 is 0 Å². The van der Waals surface area contributed by atoms with E-state index in [0.29, 0.717) is 33.8 Å². The number of rotatable bonds is 8. The molecule has 1 heterocycles. The van der Waals surface area contributed by atoms with Gasteiger partial charge in [0, 0.05) is 11.1 Å². The zero-order valence-corrected chi connectivity index (χ0v) is 16.3. The van der Waals surface area contributed by atoms with Crippen molar-refractivity contribution in [1.29, 1.82) is 0 Å². The van der Waals surface area contributed by atoms with Crippen LogP contribution in [0.25, 0.3) is 22.8 Å². The Bertz CT molecular complexity index is 911. The van der Waals surface area contributed by atoms with E-state index in [0.717, 1.165) is 5.56 Å². The van der Waals surface area contributed by atoms with E-state index in [-0.39, 0.29) is 19.3 Å². The van der Waals surface area contributed by atoms with E-state index < -0.39 is 6.10 Å². The lowest BCUT2D eigenvalue weighted by atomic mass is 10.2. The quantitative estimate of drug-likeness (QED) is 0.592. The third kappa shape index (κ3) is 5.01. The summed E-state index contributed by atoms with van der Waals surface area (Å²) in [4.78, 5) is 4.41. The minimum atomic E-state index is -0.915. The minimum absolute atomic E-state index is 0.0117. The predicted molar refractivity (Wildman–Crippen MR) is 105 cm³/mol. The lowest BCUT2D eigenvalue weighted by Crippen LogP contribution is -2.21. The van der Waals surface area contributed by atoms with Gasteiger partial charge in [0.05, 0.1) is 17.7 Å². The molecule has 0 saturated carbocycles. The molecule has 0 bridgehead atoms. The predicted octanol–water partition coefficient (Wildman–Crippen LogP) is 3.58. The molecule has 1 atom stereocenters. The first-order valence-electron chi connectivity index (χ1n) is 8.78. The second-order valence-electron chi connectivity index (χ2n) is 6.41. The summed E-state index contributed by atoms with van der Waals surface area (Å²) in [6, 6.07) is 12.3. The van der Waals surface area contributed by atoms with Crippen molar-refractivity contribution in [2.24, 2.45) is 0 Å². The van der Waals surface area contributed by atoms with Crippen molar-refractivity contribution in [3.05, 3.63) is 47.5 Å². The highest BCUT2D eigenvalue weighted by Crippen LogP contribution is 2.31. The molecule has 0 aliphatic rings. The van der Waals surface area contributed by atoms with Gasteiger partial charge in [0.15, 0.2) is 0 Å². The molecule has 1 aromatic heterocycles. The highest BCUT2D eigenvalue weighted by atomic mass is 35.5. The Kier molecular flexibility index (Phi) is 6.51. The van der Waals surface area contributed by atoms with Crippen LogP contribution in [-0.2, 0) is 0 Å². The molecule has 3 rings (SSSR count). The fraction of sp³-hybridized carbons (Fsp3) is 0.300. The maximum absolute atomic E-state index is 9.32. The van der Waals surface area contributed by atoms with Crippen molar-refractivity contribution >= 4 is 11.6 Å². The smallest absolute Gasteiger partial charge is 0.258 e. The number of hydrogen-bond donors (Lipinski definition) is 2. The summed E-state index contributed by atoms with van der Waals surface area (Å²) in [5.74, 6) is 1.93. The van der Waals surface area contributed by atoms with E-state index in [9.17, 15) is 5.11 Å². The summed E-state index contributed by atoms with van der Waals surface area (Å²) in [7, 11) is 0. The van der Waals surface area contributed by atoms with Crippen LogP contribution in [0.3, 0.4) is 0 Å². The number of aromatic nitrogens is 2. The van der Waals surface area contributed by atoms with Crippen LogP contribution in [0.2, 0.25) is 5.02 Å². The summed E-state index contributed by atoms with van der Waals surface area (Å²) < 4.78 is 16.3. The monoisotopic (exact) mass is 404 g/mol. The van der Waals surface area contributed by atoms with Crippen molar-refractivity contribution in [3.8, 4) is 34.3 Å². The van der Waals surface area contributed by atoms with Crippen LogP contribution < -0.4 is 9.47 Å². The fourth-order valence-electron chi connectivity index (χ4n) is 2.39. The molecule has 2 aromatic carbocycles. The van der Waals surface area contributed by atoms with Crippen molar-refractivity contribution in [1.82, 2.24) is 10.1 Å². The molecule has 0 fully saturated rings. The van der Waals surface area contributed by atoms with Gasteiger partial charge in [-0.2, -0.15) is 4.98 Å². The standard InChI is InChI=1S/C20H21ClN2O5/c1-12(2)27-18-8-5-14(9-17(18)21)19-22-20(28-23-19)13-3-6-16(7-4-13)26-11-15(25)10-24/h3-9,12,15,24-25H,10-11H2,1-2H3/t15-/m1/s1. The molecule has 2 N–H and O–H groups in total. The van der Waals surface area contributed by atoms with Gasteiger partial charge in [-0.15, -0.1) is 0 Å². The van der Waals surface area contributed by atoms with Gasteiger partial charge in [0.2, 0.25) is 5.82 Å². The second-order valence-corrected chi connectivity index (χ2v) is 6.81. The highest BCUT2D eigenvalue weighted by Gasteiger charge is 2.13. The van der Waals surface area contributed by atoms with Crippen molar-refractivity contribution in [2.75, 3.05) is 13.2 Å². The molecule has 28 heavy (non-hydrogen) atoms. The molecule has 148 valence electrons. The minimum Gasteiger partial charge on any atom is -0.491 e. The first-order chi connectivity index (χ1) is 13.5. The Morgan fingerprint density at radius 2 is 1.82 bits per heavy atom. The van der Waals surface area contributed by atoms with Crippen LogP contribution in [0.1, 0.15) is 13.8 Å². The van der Waals surface area contributed by atoms with E-state index in [1.165, 1.54) is 0 Å². The molecule has 0 radical (unpaired) electrons. The molecule has 0 spiro atoms. The maximum atomic E-state index is 9.32. The van der Waals surface area contributed by atoms with Crippen LogP contribution in [0.5, 0.6) is 11.5 Å². The molecule has 0 unspecified atom stereocenters. The summed E-state index contributed by atoms with van der Waals surface area (Å²) in [5, 5.41) is 22.6. The Morgan fingerprint density at radius 1 is 1.11 bits per heavy atom. The molecule has 0 amide bonds. The molecule has 8 heteroatoms. The van der Waals surface area contributed by atoms with Crippen molar-refractivity contribution < 1.29 is 24.2 Å². The summed E-state index contributed by atoms with van der Waals surface area (Å²) in [5.41, 5.74) is 1.44. The number of ether oxygens (including phenoxy) is 2. The van der Waals surface area contributed by atoms with E-state index in [2.05, 4.69) is 10.1 Å². The normalized spacial score (nSPS) is 12.2. The van der Waals surface area contributed by atoms with Crippen molar-refractivity contribution in [3.63, 3.8) is 0 Å². The highest BCUT2D eigenvalue weighted by molar-refractivity contribution is 6.32. The zero-order valence-electron chi connectivity index (χ0n) is 15.5. The topological polar surface area (TPSA) is 97.8 Å². The van der Waals surface area contributed by atoms with E-state index >= 15 is 0 Å². The van der Waals surface area contributed by atoms with Crippen LogP contribution >= 0.6 is 11.6 Å². The maximum Gasteiger partial charge on any atom is 0.258 e. The Morgan fingerprint density at radius 3 is 2.46 bits per heavy atom. The summed E-state index contributed by atoms with van der Waals surface area (Å²) in [6.45, 7) is 3.52. The average molecular weight is 405 g/mol. The lowest BCUT2D eigenvalue weighted by Gasteiger charge is -2.11. The van der Waals surface area contributed by atoms with Gasteiger partial charge < -0.3 is 24.2 Å². The summed E-state index contributed by atoms with van der Waals surface area (Å²) >= 11 is 6.27. The van der Waals surface area contributed by atoms with Gasteiger partial charge in [0.25, 0.3) is 5.89 Å². The SMILES string of the molecule is CC(C)Oc1ccc(-c2noc(-c3ccc(OC[C@H](O)CO)cc3)n2)cc1Cl. The Hall–Kier alpha value is -2.61. The number of nitrogens with zero attached hydrogens (tertiary/aromatic N) is 2. The second kappa shape index (κ2) is 9.05. The molecule has 3 aromatic rings. The number of benzene rings is 2. The van der Waals surface area contributed by atoms with Gasteiger partial charge in [-0.1, -0.05) is 16.8 Å². The first-order valence-corrected chi connectivity index (χ1v) is 9.16. The van der Waals surface area contributed by atoms with Crippen LogP contribution in [0, 0.1) is 0 Å². The van der Waals surface area contributed by atoms with E-state index in [1.807, 2.05) is 19.9 Å². The van der Waals surface area contributed by atoms with E-state index in [4.69, 9.17) is 30.7 Å². The van der Waals surface area contributed by atoms with Crippen LogP contribution in [0.4, 0.5) is 0 Å². The average Bonchev–Trinajstić information content (AvgIpc) is 3.18. The lowest BCUT2D eigenvalue weighted by molar-refractivity contribution is 0.0536. The van der Waals surface area contributed by atoms with E-state index in [1.54, 1.807) is 36.4 Å². The summed E-state index contributed by atoms with van der Waals surface area (Å²) in [6.07, 6.45) is -0.888. The largest absolute Gasteiger partial charge is 0.491 e. The molecular weight excluding hydrogens is 384 g/mol. The van der Waals surface area contributed by atoms with Crippen LogP contribution in [0.15, 0.2) is 47.0 Å². The Balaban J connectivity index is 1.72. The number of halogens is 1. The Labute approximate surface area is 167 Å². The molecule has 7 nitrogen and oxygen atoms in total.